The van der Waals surface area contributed by atoms with Gasteiger partial charge in [0.1, 0.15) is 0 Å². The summed E-state index contributed by atoms with van der Waals surface area (Å²) in [5.41, 5.74) is 2.83. The lowest BCUT2D eigenvalue weighted by Crippen LogP contribution is -2.28. The number of hydrogen-bond donors (Lipinski definition) is 2. The second-order valence-corrected chi connectivity index (χ2v) is 5.65. The van der Waals surface area contributed by atoms with Gasteiger partial charge >= 0.3 is 6.03 Å². The van der Waals surface area contributed by atoms with Crippen LogP contribution in [0.2, 0.25) is 5.02 Å². The average molecular weight is 354 g/mol. The summed E-state index contributed by atoms with van der Waals surface area (Å²) < 4.78 is 0.845. The first-order chi connectivity index (χ1) is 9.56. The molecular formula is C15H14BrClN2O. The van der Waals surface area contributed by atoms with E-state index in [1.807, 2.05) is 49.4 Å². The fraction of sp³-hybridized carbons (Fsp3) is 0.133. The summed E-state index contributed by atoms with van der Waals surface area (Å²) in [6, 6.07) is 12.8. The highest BCUT2D eigenvalue weighted by Crippen LogP contribution is 2.21. The minimum absolute atomic E-state index is 0.244. The van der Waals surface area contributed by atoms with Crippen LogP contribution in [0.3, 0.4) is 0 Å². The molecule has 2 aromatic rings. The molecule has 20 heavy (non-hydrogen) atoms. The van der Waals surface area contributed by atoms with E-state index in [1.165, 1.54) is 0 Å². The molecule has 0 unspecified atom stereocenters. The lowest BCUT2D eigenvalue weighted by molar-refractivity contribution is 0.251. The van der Waals surface area contributed by atoms with Crippen LogP contribution in [0.5, 0.6) is 0 Å². The van der Waals surface area contributed by atoms with Crippen molar-refractivity contribution in [3.8, 4) is 0 Å². The van der Waals surface area contributed by atoms with Gasteiger partial charge in [0.05, 0.1) is 5.69 Å². The molecule has 0 aliphatic carbocycles. The number of aryl methyl sites for hydroxylation is 1. The van der Waals surface area contributed by atoms with Gasteiger partial charge in [0.25, 0.3) is 0 Å². The largest absolute Gasteiger partial charge is 0.334 e. The van der Waals surface area contributed by atoms with E-state index in [1.54, 1.807) is 0 Å². The summed E-state index contributed by atoms with van der Waals surface area (Å²) in [6.07, 6.45) is 0. The maximum Gasteiger partial charge on any atom is 0.319 e. The van der Waals surface area contributed by atoms with Gasteiger partial charge in [-0.1, -0.05) is 29.8 Å². The topological polar surface area (TPSA) is 41.1 Å². The Hall–Kier alpha value is -1.52. The molecule has 0 radical (unpaired) electrons. The molecule has 2 rings (SSSR count). The van der Waals surface area contributed by atoms with Gasteiger partial charge in [0.2, 0.25) is 0 Å². The molecule has 3 nitrogen and oxygen atoms in total. The zero-order chi connectivity index (χ0) is 14.5. The minimum Gasteiger partial charge on any atom is -0.334 e. The number of anilines is 1. The molecule has 0 aliphatic rings. The Morgan fingerprint density at radius 1 is 1.25 bits per heavy atom. The van der Waals surface area contributed by atoms with Gasteiger partial charge in [0, 0.05) is 16.0 Å². The monoisotopic (exact) mass is 352 g/mol. The molecule has 0 aliphatic heterocycles. The van der Waals surface area contributed by atoms with E-state index < -0.39 is 0 Å². The molecule has 0 atom stereocenters. The number of rotatable bonds is 3. The van der Waals surface area contributed by atoms with Crippen molar-refractivity contribution in [2.75, 3.05) is 5.32 Å². The molecule has 0 saturated carbocycles. The minimum atomic E-state index is -0.244. The first-order valence-corrected chi connectivity index (χ1v) is 7.28. The SMILES string of the molecule is Cc1cc(Cl)ccc1CNC(=O)Nc1ccccc1Br. The summed E-state index contributed by atoms with van der Waals surface area (Å²) in [4.78, 5) is 11.8. The Kier molecular flexibility index (Phi) is 5.04. The lowest BCUT2D eigenvalue weighted by atomic mass is 10.1. The summed E-state index contributed by atoms with van der Waals surface area (Å²) in [5, 5.41) is 6.31. The zero-order valence-electron chi connectivity index (χ0n) is 10.9. The van der Waals surface area contributed by atoms with Gasteiger partial charge in [-0.3, -0.25) is 0 Å². The number of halogens is 2. The second kappa shape index (κ2) is 6.77. The molecule has 104 valence electrons. The molecule has 0 bridgehead atoms. The third-order valence-corrected chi connectivity index (χ3v) is 3.79. The molecule has 0 aromatic heterocycles. The van der Waals surface area contributed by atoms with Crippen molar-refractivity contribution in [3.05, 3.63) is 63.1 Å². The van der Waals surface area contributed by atoms with Crippen molar-refractivity contribution >= 4 is 39.2 Å². The standard InChI is InChI=1S/C15H14BrClN2O/c1-10-8-12(17)7-6-11(10)9-18-15(20)19-14-5-3-2-4-13(14)16/h2-8H,9H2,1H3,(H2,18,19,20). The summed E-state index contributed by atoms with van der Waals surface area (Å²) in [5.74, 6) is 0. The van der Waals surface area contributed by atoms with Crippen molar-refractivity contribution < 1.29 is 4.79 Å². The van der Waals surface area contributed by atoms with Gasteiger partial charge in [-0.05, 0) is 58.2 Å². The molecule has 0 fully saturated rings. The number of amides is 2. The first kappa shape index (κ1) is 14.9. The van der Waals surface area contributed by atoms with E-state index in [2.05, 4.69) is 26.6 Å². The fourth-order valence-corrected chi connectivity index (χ4v) is 2.37. The van der Waals surface area contributed by atoms with E-state index in [9.17, 15) is 4.79 Å². The maximum atomic E-state index is 11.8. The molecule has 2 amide bonds. The van der Waals surface area contributed by atoms with Crippen LogP contribution in [0.15, 0.2) is 46.9 Å². The Labute approximate surface area is 131 Å². The fourth-order valence-electron chi connectivity index (χ4n) is 1.76. The molecule has 2 aromatic carbocycles. The van der Waals surface area contributed by atoms with Gasteiger partial charge in [-0.25, -0.2) is 4.79 Å². The third-order valence-electron chi connectivity index (χ3n) is 2.87. The van der Waals surface area contributed by atoms with Crippen LogP contribution in [0.25, 0.3) is 0 Å². The highest BCUT2D eigenvalue weighted by atomic mass is 79.9. The zero-order valence-corrected chi connectivity index (χ0v) is 13.3. The average Bonchev–Trinajstić information content (AvgIpc) is 2.40. The van der Waals surface area contributed by atoms with Crippen molar-refractivity contribution in [2.24, 2.45) is 0 Å². The van der Waals surface area contributed by atoms with Crippen LogP contribution in [-0.4, -0.2) is 6.03 Å². The Bertz CT molecular complexity index is 631. The predicted octanol–water partition coefficient (Wildman–Crippen LogP) is 4.73. The second-order valence-electron chi connectivity index (χ2n) is 4.36. The molecule has 5 heteroatoms. The van der Waals surface area contributed by atoms with Crippen LogP contribution in [0.1, 0.15) is 11.1 Å². The van der Waals surface area contributed by atoms with E-state index >= 15 is 0 Å². The van der Waals surface area contributed by atoms with Gasteiger partial charge in [-0.15, -0.1) is 0 Å². The first-order valence-electron chi connectivity index (χ1n) is 6.10. The number of hydrogen-bond acceptors (Lipinski definition) is 1. The summed E-state index contributed by atoms with van der Waals surface area (Å²) in [6.45, 7) is 2.42. The molecule has 0 saturated heterocycles. The highest BCUT2D eigenvalue weighted by molar-refractivity contribution is 9.10. The summed E-state index contributed by atoms with van der Waals surface area (Å²) in [7, 11) is 0. The van der Waals surface area contributed by atoms with Gasteiger partial charge < -0.3 is 10.6 Å². The molecular weight excluding hydrogens is 340 g/mol. The van der Waals surface area contributed by atoms with Crippen molar-refractivity contribution in [3.63, 3.8) is 0 Å². The maximum absolute atomic E-state index is 11.8. The van der Waals surface area contributed by atoms with Crippen molar-refractivity contribution in [2.45, 2.75) is 13.5 Å². The van der Waals surface area contributed by atoms with Crippen LogP contribution < -0.4 is 10.6 Å². The van der Waals surface area contributed by atoms with Gasteiger partial charge in [0.15, 0.2) is 0 Å². The van der Waals surface area contributed by atoms with Crippen LogP contribution in [0, 0.1) is 6.92 Å². The van der Waals surface area contributed by atoms with E-state index in [4.69, 9.17) is 11.6 Å². The lowest BCUT2D eigenvalue weighted by Gasteiger charge is -2.10. The van der Waals surface area contributed by atoms with Crippen molar-refractivity contribution in [1.29, 1.82) is 0 Å². The number of nitrogens with one attached hydrogen (secondary N) is 2. The third kappa shape index (κ3) is 3.99. The molecule has 2 N–H and O–H groups in total. The van der Waals surface area contributed by atoms with E-state index in [0.717, 1.165) is 21.3 Å². The van der Waals surface area contributed by atoms with Crippen LogP contribution >= 0.6 is 27.5 Å². The number of para-hydroxylation sites is 1. The Morgan fingerprint density at radius 3 is 2.70 bits per heavy atom. The number of carbonyl (C=O) groups excluding carboxylic acids is 1. The molecule has 0 heterocycles. The quantitative estimate of drug-likeness (QED) is 0.822. The normalized spacial score (nSPS) is 10.2. The smallest absolute Gasteiger partial charge is 0.319 e. The predicted molar refractivity (Wildman–Crippen MR) is 86.2 cm³/mol. The van der Waals surface area contributed by atoms with Crippen molar-refractivity contribution in [1.82, 2.24) is 5.32 Å². The number of benzene rings is 2. The summed E-state index contributed by atoms with van der Waals surface area (Å²) >= 11 is 9.28. The van der Waals surface area contributed by atoms with E-state index in [-0.39, 0.29) is 6.03 Å². The number of carbonyl (C=O) groups is 1. The van der Waals surface area contributed by atoms with E-state index in [0.29, 0.717) is 11.6 Å². The number of urea groups is 1. The van der Waals surface area contributed by atoms with Crippen LogP contribution in [0.4, 0.5) is 10.5 Å². The van der Waals surface area contributed by atoms with Gasteiger partial charge in [-0.2, -0.15) is 0 Å². The molecule has 0 spiro atoms. The Morgan fingerprint density at radius 2 is 2.00 bits per heavy atom. The Balaban J connectivity index is 1.94. The van der Waals surface area contributed by atoms with Crippen LogP contribution in [-0.2, 0) is 6.54 Å². The highest BCUT2D eigenvalue weighted by Gasteiger charge is 2.05.